The molecule has 0 unspecified atom stereocenters. The average Bonchev–Trinajstić information content (AvgIpc) is 2.46. The summed E-state index contributed by atoms with van der Waals surface area (Å²) in [5.41, 5.74) is 1.04. The van der Waals surface area contributed by atoms with Gasteiger partial charge in [-0.15, -0.1) is 11.3 Å². The third kappa shape index (κ3) is 3.89. The molecule has 0 atom stereocenters. The molecule has 0 saturated carbocycles. The Morgan fingerprint density at radius 3 is 2.53 bits per heavy atom. The lowest BCUT2D eigenvalue weighted by atomic mass is 10.4. The fraction of sp³-hybridized carbons (Fsp3) is 0.667. The molecule has 0 amide bonds. The van der Waals surface area contributed by atoms with Crippen LogP contribution in [0, 0.1) is 13.8 Å². The van der Waals surface area contributed by atoms with Gasteiger partial charge in [0.15, 0.2) is 0 Å². The largest absolute Gasteiger partial charge is 0.246 e. The Balaban J connectivity index is 2.45. The minimum absolute atomic E-state index is 0.128. The molecule has 15 heavy (non-hydrogen) atoms. The van der Waals surface area contributed by atoms with Gasteiger partial charge in [-0.2, -0.15) is 0 Å². The zero-order valence-corrected chi connectivity index (χ0v) is 10.8. The molecule has 0 spiro atoms. The SMILES string of the molecule is CCS(=O)(=O)NCCc1nc(C)c(C)s1. The van der Waals surface area contributed by atoms with Crippen molar-refractivity contribution in [2.75, 3.05) is 12.3 Å². The maximum absolute atomic E-state index is 11.1. The molecule has 1 aromatic heterocycles. The van der Waals surface area contributed by atoms with Gasteiger partial charge >= 0.3 is 0 Å². The number of rotatable bonds is 5. The van der Waals surface area contributed by atoms with Crippen LogP contribution >= 0.6 is 11.3 Å². The average molecular weight is 248 g/mol. The first-order chi connectivity index (χ1) is 6.94. The number of thiazole rings is 1. The molecule has 1 N–H and O–H groups in total. The lowest BCUT2D eigenvalue weighted by Gasteiger charge is -2.01. The van der Waals surface area contributed by atoms with Crippen molar-refractivity contribution < 1.29 is 8.42 Å². The summed E-state index contributed by atoms with van der Waals surface area (Å²) < 4.78 is 24.8. The molecule has 4 nitrogen and oxygen atoms in total. The van der Waals surface area contributed by atoms with E-state index in [4.69, 9.17) is 0 Å². The molecular weight excluding hydrogens is 232 g/mol. The molecule has 1 heterocycles. The number of sulfonamides is 1. The quantitative estimate of drug-likeness (QED) is 0.853. The number of aromatic nitrogens is 1. The minimum atomic E-state index is -3.07. The third-order valence-corrected chi connectivity index (χ3v) is 4.65. The smallest absolute Gasteiger partial charge is 0.211 e. The molecule has 0 aliphatic rings. The van der Waals surface area contributed by atoms with Crippen LogP contribution in [0.25, 0.3) is 0 Å². The minimum Gasteiger partial charge on any atom is -0.246 e. The second kappa shape index (κ2) is 5.05. The van der Waals surface area contributed by atoms with E-state index in [1.54, 1.807) is 18.3 Å². The van der Waals surface area contributed by atoms with Crippen molar-refractivity contribution in [1.29, 1.82) is 0 Å². The Morgan fingerprint density at radius 2 is 2.07 bits per heavy atom. The first-order valence-electron chi connectivity index (χ1n) is 4.85. The van der Waals surface area contributed by atoms with Gasteiger partial charge in [0.1, 0.15) is 0 Å². The van der Waals surface area contributed by atoms with E-state index in [1.807, 2.05) is 13.8 Å². The van der Waals surface area contributed by atoms with E-state index >= 15 is 0 Å². The third-order valence-electron chi connectivity index (χ3n) is 2.11. The van der Waals surface area contributed by atoms with E-state index in [0.29, 0.717) is 13.0 Å². The summed E-state index contributed by atoms with van der Waals surface area (Å²) in [5.74, 6) is 0.128. The topological polar surface area (TPSA) is 59.1 Å². The molecule has 0 aromatic carbocycles. The van der Waals surface area contributed by atoms with Gasteiger partial charge in [0.25, 0.3) is 0 Å². The van der Waals surface area contributed by atoms with Crippen molar-refractivity contribution in [2.45, 2.75) is 27.2 Å². The number of hydrogen-bond acceptors (Lipinski definition) is 4. The fourth-order valence-electron chi connectivity index (χ4n) is 1.06. The normalized spacial score (nSPS) is 11.9. The predicted octanol–water partition coefficient (Wildman–Crippen LogP) is 1.24. The van der Waals surface area contributed by atoms with Crippen molar-refractivity contribution in [3.8, 4) is 0 Å². The molecule has 1 rings (SSSR count). The van der Waals surface area contributed by atoms with Crippen molar-refractivity contribution >= 4 is 21.4 Å². The van der Waals surface area contributed by atoms with Gasteiger partial charge in [-0.25, -0.2) is 18.1 Å². The molecule has 0 bridgehead atoms. The van der Waals surface area contributed by atoms with E-state index in [9.17, 15) is 8.42 Å². The van der Waals surface area contributed by atoms with Crippen LogP contribution in [0.4, 0.5) is 0 Å². The number of nitrogens with one attached hydrogen (secondary N) is 1. The van der Waals surface area contributed by atoms with Crippen molar-refractivity contribution in [3.05, 3.63) is 15.6 Å². The maximum atomic E-state index is 11.1. The maximum Gasteiger partial charge on any atom is 0.211 e. The van der Waals surface area contributed by atoms with E-state index in [1.165, 1.54) is 4.88 Å². The molecule has 0 aliphatic carbocycles. The van der Waals surface area contributed by atoms with Crippen LogP contribution in [0.2, 0.25) is 0 Å². The summed E-state index contributed by atoms with van der Waals surface area (Å²) >= 11 is 1.63. The molecule has 0 aliphatic heterocycles. The number of aryl methyl sites for hydroxylation is 2. The van der Waals surface area contributed by atoms with Gasteiger partial charge in [0, 0.05) is 17.8 Å². The standard InChI is InChI=1S/C9H16N2O2S2/c1-4-15(12,13)10-6-5-9-11-7(2)8(3)14-9/h10H,4-6H2,1-3H3. The van der Waals surface area contributed by atoms with Crippen LogP contribution in [0.3, 0.4) is 0 Å². The highest BCUT2D eigenvalue weighted by Gasteiger charge is 2.07. The first-order valence-corrected chi connectivity index (χ1v) is 7.31. The summed E-state index contributed by atoms with van der Waals surface area (Å²) in [4.78, 5) is 5.54. The number of nitrogens with zero attached hydrogens (tertiary/aromatic N) is 1. The molecule has 0 saturated heterocycles. The molecule has 86 valence electrons. The second-order valence-corrected chi connectivity index (χ2v) is 6.68. The molecule has 0 radical (unpaired) electrons. The summed E-state index contributed by atoms with van der Waals surface area (Å²) in [6.45, 7) is 6.04. The monoisotopic (exact) mass is 248 g/mol. The lowest BCUT2D eigenvalue weighted by Crippen LogP contribution is -2.27. The summed E-state index contributed by atoms with van der Waals surface area (Å²) in [5, 5.41) is 0.990. The summed E-state index contributed by atoms with van der Waals surface area (Å²) in [6, 6.07) is 0. The van der Waals surface area contributed by atoms with Gasteiger partial charge in [-0.1, -0.05) is 0 Å². The van der Waals surface area contributed by atoms with Crippen molar-refractivity contribution in [1.82, 2.24) is 9.71 Å². The van der Waals surface area contributed by atoms with Crippen LogP contribution in [0.5, 0.6) is 0 Å². The van der Waals surface area contributed by atoms with E-state index in [0.717, 1.165) is 10.7 Å². The van der Waals surface area contributed by atoms with Gasteiger partial charge in [-0.05, 0) is 20.8 Å². The van der Waals surface area contributed by atoms with Crippen molar-refractivity contribution in [2.24, 2.45) is 0 Å². The second-order valence-electron chi connectivity index (χ2n) is 3.30. The predicted molar refractivity (Wildman–Crippen MR) is 62.8 cm³/mol. The van der Waals surface area contributed by atoms with E-state index < -0.39 is 10.0 Å². The summed E-state index contributed by atoms with van der Waals surface area (Å²) in [7, 11) is -3.07. The van der Waals surface area contributed by atoms with Crippen LogP contribution < -0.4 is 4.72 Å². The van der Waals surface area contributed by atoms with Gasteiger partial charge in [0.2, 0.25) is 10.0 Å². The van der Waals surface area contributed by atoms with Crippen LogP contribution in [-0.2, 0) is 16.4 Å². The molecule has 1 aromatic rings. The van der Waals surface area contributed by atoms with E-state index in [2.05, 4.69) is 9.71 Å². The van der Waals surface area contributed by atoms with Crippen LogP contribution in [-0.4, -0.2) is 25.7 Å². The Hall–Kier alpha value is -0.460. The van der Waals surface area contributed by atoms with Gasteiger partial charge in [-0.3, -0.25) is 0 Å². The fourth-order valence-corrected chi connectivity index (χ4v) is 2.61. The van der Waals surface area contributed by atoms with Gasteiger partial charge < -0.3 is 0 Å². The van der Waals surface area contributed by atoms with Crippen LogP contribution in [0.1, 0.15) is 22.5 Å². The highest BCUT2D eigenvalue weighted by molar-refractivity contribution is 7.89. The highest BCUT2D eigenvalue weighted by atomic mass is 32.2. The van der Waals surface area contributed by atoms with E-state index in [-0.39, 0.29) is 5.75 Å². The molecule has 0 fully saturated rings. The Labute approximate surface area is 94.8 Å². The van der Waals surface area contributed by atoms with Crippen molar-refractivity contribution in [3.63, 3.8) is 0 Å². The Bertz CT molecular complexity index is 404. The summed E-state index contributed by atoms with van der Waals surface area (Å²) in [6.07, 6.45) is 0.665. The molecular formula is C9H16N2O2S2. The number of hydrogen-bond donors (Lipinski definition) is 1. The Kier molecular flexibility index (Phi) is 4.24. The lowest BCUT2D eigenvalue weighted by molar-refractivity contribution is 0.583. The van der Waals surface area contributed by atoms with Crippen LogP contribution in [0.15, 0.2) is 0 Å². The van der Waals surface area contributed by atoms with Gasteiger partial charge in [0.05, 0.1) is 16.5 Å². The molecule has 6 heteroatoms. The Morgan fingerprint density at radius 1 is 1.40 bits per heavy atom. The first kappa shape index (κ1) is 12.6. The highest BCUT2D eigenvalue weighted by Crippen LogP contribution is 2.16. The zero-order chi connectivity index (χ0) is 11.5. The zero-order valence-electron chi connectivity index (χ0n) is 9.20.